The first-order valence-electron chi connectivity index (χ1n) is 9.96. The van der Waals surface area contributed by atoms with Crippen LogP contribution in [0.5, 0.6) is 11.5 Å². The molecule has 0 bridgehead atoms. The summed E-state index contributed by atoms with van der Waals surface area (Å²) < 4.78 is 10.4. The quantitative estimate of drug-likeness (QED) is 0.580. The van der Waals surface area contributed by atoms with Gasteiger partial charge in [0.15, 0.2) is 11.5 Å². The molecule has 0 aliphatic carbocycles. The van der Waals surface area contributed by atoms with Gasteiger partial charge in [0.1, 0.15) is 0 Å². The summed E-state index contributed by atoms with van der Waals surface area (Å²) in [6.45, 7) is 1.78. The smallest absolute Gasteiger partial charge is 0.251 e. The molecule has 0 aliphatic rings. The van der Waals surface area contributed by atoms with E-state index in [0.717, 1.165) is 16.7 Å². The lowest BCUT2D eigenvalue weighted by molar-refractivity contribution is -0.120. The van der Waals surface area contributed by atoms with E-state index in [9.17, 15) is 9.59 Å². The lowest BCUT2D eigenvalue weighted by Gasteiger charge is -2.15. The van der Waals surface area contributed by atoms with E-state index in [2.05, 4.69) is 22.8 Å². The Hall–Kier alpha value is -3.80. The van der Waals surface area contributed by atoms with Crippen LogP contribution in [0.2, 0.25) is 0 Å². The summed E-state index contributed by atoms with van der Waals surface area (Å²) in [5.41, 5.74) is 3.63. The number of ether oxygens (including phenoxy) is 2. The average molecular weight is 418 g/mol. The van der Waals surface area contributed by atoms with Crippen LogP contribution < -0.4 is 20.1 Å². The number of methoxy groups -OCH3 is 2. The summed E-state index contributed by atoms with van der Waals surface area (Å²) in [5, 5.41) is 5.53. The number of amides is 2. The van der Waals surface area contributed by atoms with Crippen LogP contribution in [-0.2, 0) is 4.79 Å². The Balaban J connectivity index is 1.54. The highest BCUT2D eigenvalue weighted by Crippen LogP contribution is 2.27. The minimum absolute atomic E-state index is 0.125. The predicted octanol–water partition coefficient (Wildman–Crippen LogP) is 3.98. The number of nitrogens with one attached hydrogen (secondary N) is 2. The van der Waals surface area contributed by atoms with E-state index in [1.807, 2.05) is 49.4 Å². The minimum Gasteiger partial charge on any atom is -0.493 e. The number of hydrogen-bond acceptors (Lipinski definition) is 4. The van der Waals surface area contributed by atoms with E-state index in [1.54, 1.807) is 18.2 Å². The molecule has 0 aliphatic heterocycles. The van der Waals surface area contributed by atoms with Crippen molar-refractivity contribution in [2.24, 2.45) is 0 Å². The van der Waals surface area contributed by atoms with Gasteiger partial charge < -0.3 is 20.1 Å². The summed E-state index contributed by atoms with van der Waals surface area (Å²) in [4.78, 5) is 24.7. The Morgan fingerprint density at radius 1 is 0.839 bits per heavy atom. The third kappa shape index (κ3) is 5.63. The number of carbonyl (C=O) groups excluding carboxylic acids is 2. The summed E-state index contributed by atoms with van der Waals surface area (Å²) in [6, 6.07) is 22.8. The Labute approximate surface area is 182 Å². The van der Waals surface area contributed by atoms with Crippen molar-refractivity contribution in [3.8, 4) is 22.6 Å². The molecular formula is C25H26N2O4. The fourth-order valence-electron chi connectivity index (χ4n) is 3.21. The number of rotatable bonds is 8. The molecule has 6 heteroatoms. The van der Waals surface area contributed by atoms with Crippen molar-refractivity contribution in [1.82, 2.24) is 10.6 Å². The monoisotopic (exact) mass is 418 g/mol. The van der Waals surface area contributed by atoms with Crippen molar-refractivity contribution in [1.29, 1.82) is 0 Å². The van der Waals surface area contributed by atoms with Gasteiger partial charge in [-0.3, -0.25) is 9.59 Å². The van der Waals surface area contributed by atoms with E-state index < -0.39 is 0 Å². The zero-order valence-corrected chi connectivity index (χ0v) is 17.8. The van der Waals surface area contributed by atoms with Gasteiger partial charge in [0, 0.05) is 5.56 Å². The van der Waals surface area contributed by atoms with Crippen molar-refractivity contribution in [2.75, 3.05) is 20.8 Å². The van der Waals surface area contributed by atoms with Crippen molar-refractivity contribution in [3.63, 3.8) is 0 Å². The first-order valence-corrected chi connectivity index (χ1v) is 9.96. The molecule has 0 fully saturated rings. The molecule has 31 heavy (non-hydrogen) atoms. The molecule has 0 heterocycles. The normalized spacial score (nSPS) is 11.3. The van der Waals surface area contributed by atoms with Crippen LogP contribution in [0.4, 0.5) is 0 Å². The van der Waals surface area contributed by atoms with Gasteiger partial charge in [0.2, 0.25) is 5.91 Å². The maximum absolute atomic E-state index is 12.4. The van der Waals surface area contributed by atoms with Gasteiger partial charge in [-0.25, -0.2) is 0 Å². The first kappa shape index (κ1) is 21.9. The Bertz CT molecular complexity index is 1030. The van der Waals surface area contributed by atoms with E-state index in [-0.39, 0.29) is 24.4 Å². The maximum atomic E-state index is 12.4. The molecule has 6 nitrogen and oxygen atoms in total. The van der Waals surface area contributed by atoms with Gasteiger partial charge in [-0.1, -0.05) is 54.6 Å². The number of benzene rings is 3. The predicted molar refractivity (Wildman–Crippen MR) is 120 cm³/mol. The third-order valence-electron chi connectivity index (χ3n) is 4.95. The van der Waals surface area contributed by atoms with Gasteiger partial charge >= 0.3 is 0 Å². The molecule has 0 aromatic heterocycles. The van der Waals surface area contributed by atoms with E-state index >= 15 is 0 Å². The molecule has 2 N–H and O–H groups in total. The minimum atomic E-state index is -0.365. The zero-order valence-electron chi connectivity index (χ0n) is 17.8. The van der Waals surface area contributed by atoms with Crippen LogP contribution in [0.15, 0.2) is 72.8 Å². The molecule has 1 unspecified atom stereocenters. The molecule has 1 atom stereocenters. The van der Waals surface area contributed by atoms with E-state index in [4.69, 9.17) is 9.47 Å². The highest BCUT2D eigenvalue weighted by molar-refractivity contribution is 5.97. The Kier molecular flexibility index (Phi) is 7.27. The largest absolute Gasteiger partial charge is 0.493 e. The summed E-state index contributed by atoms with van der Waals surface area (Å²) in [6.07, 6.45) is 0. The van der Waals surface area contributed by atoms with Crippen LogP contribution in [0.25, 0.3) is 11.1 Å². The molecule has 3 aromatic carbocycles. The second-order valence-electron chi connectivity index (χ2n) is 7.03. The molecule has 3 aromatic rings. The highest BCUT2D eigenvalue weighted by atomic mass is 16.5. The van der Waals surface area contributed by atoms with Crippen LogP contribution in [-0.4, -0.2) is 32.6 Å². The standard InChI is InChI=1S/C25H26N2O4/c1-17(18-9-11-20(12-10-18)19-7-5-4-6-8-19)27-24(28)16-26-25(29)21-13-14-22(30-2)23(15-21)31-3/h4-15,17H,16H2,1-3H3,(H,26,29)(H,27,28). The Morgan fingerprint density at radius 2 is 1.48 bits per heavy atom. The molecule has 2 amide bonds. The fraction of sp³-hybridized carbons (Fsp3) is 0.200. The van der Waals surface area contributed by atoms with Gasteiger partial charge in [-0.05, 0) is 41.8 Å². The van der Waals surface area contributed by atoms with Crippen LogP contribution in [0.1, 0.15) is 28.9 Å². The van der Waals surface area contributed by atoms with Crippen molar-refractivity contribution >= 4 is 11.8 Å². The van der Waals surface area contributed by atoms with Gasteiger partial charge in [-0.2, -0.15) is 0 Å². The lowest BCUT2D eigenvalue weighted by atomic mass is 10.0. The molecule has 3 rings (SSSR count). The summed E-state index contributed by atoms with van der Waals surface area (Å²) in [5.74, 6) is 0.348. The topological polar surface area (TPSA) is 76.7 Å². The zero-order chi connectivity index (χ0) is 22.2. The van der Waals surface area contributed by atoms with Gasteiger partial charge in [0.25, 0.3) is 5.91 Å². The molecular weight excluding hydrogens is 392 g/mol. The number of hydrogen-bond donors (Lipinski definition) is 2. The molecule has 0 radical (unpaired) electrons. The highest BCUT2D eigenvalue weighted by Gasteiger charge is 2.14. The molecule has 0 saturated carbocycles. The van der Waals surface area contributed by atoms with Gasteiger partial charge in [-0.15, -0.1) is 0 Å². The second kappa shape index (κ2) is 10.3. The maximum Gasteiger partial charge on any atom is 0.251 e. The summed E-state index contributed by atoms with van der Waals surface area (Å²) in [7, 11) is 3.03. The summed E-state index contributed by atoms with van der Waals surface area (Å²) >= 11 is 0. The molecule has 0 saturated heterocycles. The first-order chi connectivity index (χ1) is 15.0. The van der Waals surface area contributed by atoms with Crippen LogP contribution in [0.3, 0.4) is 0 Å². The number of carbonyl (C=O) groups is 2. The molecule has 160 valence electrons. The SMILES string of the molecule is COc1ccc(C(=O)NCC(=O)NC(C)c2ccc(-c3ccccc3)cc2)cc1OC. The van der Waals surface area contributed by atoms with Crippen LogP contribution >= 0.6 is 0 Å². The molecule has 0 spiro atoms. The second-order valence-corrected chi connectivity index (χ2v) is 7.03. The van der Waals surface area contributed by atoms with E-state index in [0.29, 0.717) is 17.1 Å². The van der Waals surface area contributed by atoms with Gasteiger partial charge in [0.05, 0.1) is 26.8 Å². The Morgan fingerprint density at radius 3 is 2.13 bits per heavy atom. The average Bonchev–Trinajstić information content (AvgIpc) is 2.82. The van der Waals surface area contributed by atoms with Crippen molar-refractivity contribution in [3.05, 3.63) is 83.9 Å². The lowest BCUT2D eigenvalue weighted by Crippen LogP contribution is -2.38. The fourth-order valence-corrected chi connectivity index (χ4v) is 3.21. The van der Waals surface area contributed by atoms with E-state index in [1.165, 1.54) is 14.2 Å². The van der Waals surface area contributed by atoms with Crippen molar-refractivity contribution in [2.45, 2.75) is 13.0 Å². The van der Waals surface area contributed by atoms with Crippen LogP contribution in [0, 0.1) is 0 Å². The van der Waals surface area contributed by atoms with Crippen molar-refractivity contribution < 1.29 is 19.1 Å². The third-order valence-corrected chi connectivity index (χ3v) is 4.95.